The van der Waals surface area contributed by atoms with Crippen LogP contribution in [-0.4, -0.2) is 25.7 Å². The zero-order valence-electron chi connectivity index (χ0n) is 9.20. The number of hydrogen-bond acceptors (Lipinski definition) is 3. The maximum Gasteiger partial charge on any atom is 0.0992 e. The second kappa shape index (κ2) is 4.86. The van der Waals surface area contributed by atoms with Gasteiger partial charge in [0.05, 0.1) is 11.6 Å². The van der Waals surface area contributed by atoms with Crippen LogP contribution in [0.25, 0.3) is 0 Å². The number of nitrogens with zero attached hydrogens (tertiary/aromatic N) is 2. The summed E-state index contributed by atoms with van der Waals surface area (Å²) in [5.41, 5.74) is 1.83. The van der Waals surface area contributed by atoms with Crippen LogP contribution >= 0.6 is 15.9 Å². The van der Waals surface area contributed by atoms with Crippen molar-refractivity contribution in [2.75, 3.05) is 24.5 Å². The quantitative estimate of drug-likeness (QED) is 0.856. The monoisotopic (exact) mass is 279 g/mol. The fraction of sp³-hybridized carbons (Fsp3) is 0.417. The molecule has 0 radical (unpaired) electrons. The van der Waals surface area contributed by atoms with Crippen molar-refractivity contribution in [3.05, 3.63) is 28.2 Å². The summed E-state index contributed by atoms with van der Waals surface area (Å²) in [5, 5.41) is 12.3. The highest BCUT2D eigenvalue weighted by Crippen LogP contribution is 2.23. The van der Waals surface area contributed by atoms with E-state index in [4.69, 9.17) is 5.26 Å². The Labute approximate surface area is 104 Å². The maximum atomic E-state index is 8.94. The molecule has 1 fully saturated rings. The van der Waals surface area contributed by atoms with Crippen molar-refractivity contribution < 1.29 is 0 Å². The number of halogens is 1. The van der Waals surface area contributed by atoms with Gasteiger partial charge in [-0.15, -0.1) is 0 Å². The highest BCUT2D eigenvalue weighted by Gasteiger charge is 2.16. The second-order valence-electron chi connectivity index (χ2n) is 4.11. The molecule has 3 nitrogen and oxygen atoms in total. The molecule has 4 heteroatoms. The molecule has 1 saturated heterocycles. The van der Waals surface area contributed by atoms with Gasteiger partial charge in [0.2, 0.25) is 0 Å². The first-order valence-electron chi connectivity index (χ1n) is 5.38. The number of nitrogens with one attached hydrogen (secondary N) is 1. The van der Waals surface area contributed by atoms with Gasteiger partial charge in [0.1, 0.15) is 0 Å². The van der Waals surface area contributed by atoms with Gasteiger partial charge in [0, 0.05) is 35.8 Å². The Morgan fingerprint density at radius 2 is 2.31 bits per heavy atom. The van der Waals surface area contributed by atoms with Crippen molar-refractivity contribution in [1.29, 1.82) is 5.26 Å². The summed E-state index contributed by atoms with van der Waals surface area (Å²) < 4.78 is 0.965. The fourth-order valence-electron chi connectivity index (χ4n) is 1.99. The van der Waals surface area contributed by atoms with E-state index in [1.165, 1.54) is 0 Å². The van der Waals surface area contributed by atoms with Gasteiger partial charge in [-0.1, -0.05) is 15.9 Å². The van der Waals surface area contributed by atoms with Gasteiger partial charge < -0.3 is 10.2 Å². The average Bonchev–Trinajstić information content (AvgIpc) is 2.28. The third-order valence-electron chi connectivity index (χ3n) is 2.75. The Hall–Kier alpha value is -1.05. The number of benzene rings is 1. The Morgan fingerprint density at radius 1 is 1.50 bits per heavy atom. The van der Waals surface area contributed by atoms with Gasteiger partial charge in [-0.3, -0.25) is 0 Å². The lowest BCUT2D eigenvalue weighted by atomic mass is 10.1. The van der Waals surface area contributed by atoms with Crippen molar-refractivity contribution in [3.8, 4) is 6.07 Å². The second-order valence-corrected chi connectivity index (χ2v) is 5.03. The van der Waals surface area contributed by atoms with Gasteiger partial charge in [0.15, 0.2) is 0 Å². The SMILES string of the molecule is C[C@H]1CN(c2cc(Br)cc(C#N)c2)CCN1. The van der Waals surface area contributed by atoms with Gasteiger partial charge >= 0.3 is 0 Å². The van der Waals surface area contributed by atoms with Crippen LogP contribution in [0.5, 0.6) is 0 Å². The van der Waals surface area contributed by atoms with Crippen LogP contribution in [0.15, 0.2) is 22.7 Å². The number of anilines is 1. The normalized spacial score (nSPS) is 20.6. The Kier molecular flexibility index (Phi) is 3.47. The number of piperazine rings is 1. The highest BCUT2D eigenvalue weighted by atomic mass is 79.9. The largest absolute Gasteiger partial charge is 0.369 e. The third kappa shape index (κ3) is 2.55. The number of rotatable bonds is 1. The lowest BCUT2D eigenvalue weighted by Gasteiger charge is -2.33. The molecule has 1 atom stereocenters. The third-order valence-corrected chi connectivity index (χ3v) is 3.20. The summed E-state index contributed by atoms with van der Waals surface area (Å²) in [6, 6.07) is 8.54. The minimum atomic E-state index is 0.498. The van der Waals surface area contributed by atoms with Crippen LogP contribution in [0.2, 0.25) is 0 Å². The van der Waals surface area contributed by atoms with E-state index in [1.54, 1.807) is 0 Å². The molecule has 0 aliphatic carbocycles. The molecule has 0 saturated carbocycles. The van der Waals surface area contributed by atoms with E-state index < -0.39 is 0 Å². The molecule has 1 aromatic carbocycles. The molecular formula is C12H14BrN3. The molecule has 1 N–H and O–H groups in total. The average molecular weight is 280 g/mol. The Morgan fingerprint density at radius 3 is 3.00 bits per heavy atom. The van der Waals surface area contributed by atoms with Crippen LogP contribution in [0, 0.1) is 11.3 Å². The first-order chi connectivity index (χ1) is 7.69. The van der Waals surface area contributed by atoms with E-state index >= 15 is 0 Å². The summed E-state index contributed by atoms with van der Waals surface area (Å²) >= 11 is 3.44. The summed E-state index contributed by atoms with van der Waals surface area (Å²) in [5.74, 6) is 0. The predicted molar refractivity (Wildman–Crippen MR) is 68.5 cm³/mol. The minimum Gasteiger partial charge on any atom is -0.369 e. The highest BCUT2D eigenvalue weighted by molar-refractivity contribution is 9.10. The molecule has 16 heavy (non-hydrogen) atoms. The van der Waals surface area contributed by atoms with Gasteiger partial charge in [0.25, 0.3) is 0 Å². The predicted octanol–water partition coefficient (Wildman–Crippen LogP) is 2.12. The summed E-state index contributed by atoms with van der Waals surface area (Å²) in [4.78, 5) is 2.31. The number of hydrogen-bond donors (Lipinski definition) is 1. The summed E-state index contributed by atoms with van der Waals surface area (Å²) in [6.45, 7) is 5.15. The van der Waals surface area contributed by atoms with E-state index in [-0.39, 0.29) is 0 Å². The molecule has 0 aromatic heterocycles. The molecule has 0 unspecified atom stereocenters. The van der Waals surface area contributed by atoms with E-state index in [0.29, 0.717) is 11.6 Å². The van der Waals surface area contributed by atoms with Gasteiger partial charge in [-0.25, -0.2) is 0 Å². The zero-order chi connectivity index (χ0) is 11.5. The molecule has 1 aliphatic heterocycles. The molecule has 0 spiro atoms. The lowest BCUT2D eigenvalue weighted by Crippen LogP contribution is -2.49. The van der Waals surface area contributed by atoms with Crippen LogP contribution in [0.1, 0.15) is 12.5 Å². The Balaban J connectivity index is 2.26. The van der Waals surface area contributed by atoms with Crippen molar-refractivity contribution in [3.63, 3.8) is 0 Å². The van der Waals surface area contributed by atoms with E-state index in [1.807, 2.05) is 12.1 Å². The molecule has 1 heterocycles. The first-order valence-corrected chi connectivity index (χ1v) is 6.17. The van der Waals surface area contributed by atoms with Crippen LogP contribution in [0.4, 0.5) is 5.69 Å². The summed E-state index contributed by atoms with van der Waals surface area (Å²) in [6.07, 6.45) is 0. The molecule has 84 valence electrons. The minimum absolute atomic E-state index is 0.498. The number of nitriles is 1. The van der Waals surface area contributed by atoms with Gasteiger partial charge in [-0.2, -0.15) is 5.26 Å². The molecule has 0 bridgehead atoms. The van der Waals surface area contributed by atoms with Crippen LogP contribution in [-0.2, 0) is 0 Å². The van der Waals surface area contributed by atoms with Crippen molar-refractivity contribution in [2.24, 2.45) is 0 Å². The Bertz CT molecular complexity index is 425. The van der Waals surface area contributed by atoms with Crippen LogP contribution < -0.4 is 10.2 Å². The lowest BCUT2D eigenvalue weighted by molar-refractivity contribution is 0.485. The molecule has 0 amide bonds. The van der Waals surface area contributed by atoms with Gasteiger partial charge in [-0.05, 0) is 25.1 Å². The van der Waals surface area contributed by atoms with Crippen molar-refractivity contribution >= 4 is 21.6 Å². The first kappa shape index (κ1) is 11.4. The van der Waals surface area contributed by atoms with E-state index in [9.17, 15) is 0 Å². The molecule has 1 aromatic rings. The molecule has 2 rings (SSSR count). The summed E-state index contributed by atoms with van der Waals surface area (Å²) in [7, 11) is 0. The molecular weight excluding hydrogens is 266 g/mol. The van der Waals surface area contributed by atoms with E-state index in [0.717, 1.165) is 29.8 Å². The van der Waals surface area contributed by atoms with Crippen molar-refractivity contribution in [1.82, 2.24) is 5.32 Å². The topological polar surface area (TPSA) is 39.1 Å². The zero-order valence-corrected chi connectivity index (χ0v) is 10.8. The van der Waals surface area contributed by atoms with Crippen LogP contribution in [0.3, 0.4) is 0 Å². The smallest absolute Gasteiger partial charge is 0.0992 e. The van der Waals surface area contributed by atoms with E-state index in [2.05, 4.69) is 45.2 Å². The standard InChI is InChI=1S/C12H14BrN3/c1-9-8-16(3-2-15-9)12-5-10(7-14)4-11(13)6-12/h4-6,9,15H,2-3,8H2,1H3/t9-/m0/s1. The molecule has 1 aliphatic rings. The van der Waals surface area contributed by atoms with Crippen molar-refractivity contribution in [2.45, 2.75) is 13.0 Å². The fourth-order valence-corrected chi connectivity index (χ4v) is 2.47. The maximum absolute atomic E-state index is 8.94.